The second-order valence-electron chi connectivity index (χ2n) is 21.1. The fourth-order valence-electron chi connectivity index (χ4n) is 8.94. The van der Waals surface area contributed by atoms with Gasteiger partial charge in [0.05, 0.1) is 37.7 Å². The van der Waals surface area contributed by atoms with Crippen molar-refractivity contribution in [2.75, 3.05) is 39.3 Å². The number of H-pyrrole nitrogens is 1. The number of carboxylic acid groups (broad SMARTS) is 1. The Hall–Kier alpha value is -7.67. The molecule has 0 saturated heterocycles. The lowest BCUT2D eigenvalue weighted by atomic mass is 9.84. The van der Waals surface area contributed by atoms with Gasteiger partial charge in [-0.25, -0.2) is 4.98 Å². The number of nitrogens with one attached hydrogen (secondary N) is 8. The Bertz CT molecular complexity index is 2340. The van der Waals surface area contributed by atoms with E-state index in [1.165, 1.54) is 19.4 Å². The number of amides is 9. The SMILES string of the molecule is CCC(C)[C@H](NC(=O)CN(CCCN=C(N)N)C(=O)CNC(=O)[C@@H](NC(=O)[C@@H](NC(=O)[C@H](Cc1cnc[nH]1)NC(=O)[C@H](CC1CCCCC1)NC(=O)[C@H](C)NC(=O)[C@@H](N)CCCN=C(N)N)[C@@H](C)O)[C@@H](C)O)C(=O)N(CC(=O)O)C(C)CC. The molecular weight excluding hydrogens is 1080 g/mol. The van der Waals surface area contributed by atoms with Crippen molar-refractivity contribution in [3.63, 3.8) is 0 Å². The van der Waals surface area contributed by atoms with Crippen molar-refractivity contribution < 1.29 is 63.3 Å². The van der Waals surface area contributed by atoms with Gasteiger partial charge in [-0.05, 0) is 71.6 Å². The Labute approximate surface area is 484 Å². The minimum Gasteiger partial charge on any atom is -0.480 e. The number of hydrogen-bond acceptors (Lipinski definition) is 16. The standard InChI is InChI=1S/C52H92N18O13/c1-8-28(3)41(50(83)70(26-40(75)76)29(4)9-2)66-38(73)25-69(20-14-19-60-52(56)57)39(74)24-61-48(81)42(31(6)71)68-49(82)43(32(7)72)67-47(80)37(22-34-23-58-27-62-34)65-46(79)36(21-33-15-11-10-12-16-33)64-44(77)30(5)63-45(78)35(53)17-13-18-59-51(54)55/h23,27-33,35-37,41-43,71-72H,8-22,24-26,53H2,1-7H3,(H,58,62)(H,61,81)(H,63,78)(H,64,77)(H,65,79)(H,66,73)(H,67,80)(H,68,82)(H,75,76)(H4,54,55,59)(H4,56,57,60)/t28?,29?,30-,31+,32+,35-,36-,37-,41-,42-,43-/m0/s1. The summed E-state index contributed by atoms with van der Waals surface area (Å²) in [6, 6.07) is -10.1. The van der Waals surface area contributed by atoms with E-state index in [0.717, 1.165) is 55.8 Å². The fraction of sp³-hybridized carbons (Fsp3) is 0.712. The topological polar surface area (TPSA) is 506 Å². The molecule has 9 amide bonds. The summed E-state index contributed by atoms with van der Waals surface area (Å²) in [5, 5.41) is 48.9. The summed E-state index contributed by atoms with van der Waals surface area (Å²) in [4.78, 5) is 153. The number of aromatic nitrogens is 2. The number of carboxylic acids is 1. The molecule has 1 aliphatic rings. The molecule has 468 valence electrons. The third-order valence-electron chi connectivity index (χ3n) is 14.2. The van der Waals surface area contributed by atoms with Crippen LogP contribution in [0.4, 0.5) is 0 Å². The molecule has 1 fully saturated rings. The molecule has 2 rings (SSSR count). The molecule has 1 saturated carbocycles. The monoisotopic (exact) mass is 1180 g/mol. The Morgan fingerprint density at radius 1 is 0.699 bits per heavy atom. The van der Waals surface area contributed by atoms with Gasteiger partial charge in [-0.3, -0.25) is 57.9 Å². The van der Waals surface area contributed by atoms with E-state index in [2.05, 4.69) is 57.2 Å². The van der Waals surface area contributed by atoms with Crippen LogP contribution in [0.5, 0.6) is 0 Å². The molecule has 0 aliphatic heterocycles. The van der Waals surface area contributed by atoms with Gasteiger partial charge in [0.2, 0.25) is 53.2 Å². The van der Waals surface area contributed by atoms with E-state index in [9.17, 15) is 63.3 Å². The highest BCUT2D eigenvalue weighted by Gasteiger charge is 2.38. The number of aliphatic hydroxyl groups is 2. The molecule has 1 aromatic rings. The number of carbonyl (C=O) groups excluding carboxylic acids is 9. The number of rotatable bonds is 37. The molecule has 0 radical (unpaired) electrons. The summed E-state index contributed by atoms with van der Waals surface area (Å²) >= 11 is 0. The molecule has 11 atom stereocenters. The van der Waals surface area contributed by atoms with Crippen molar-refractivity contribution >= 4 is 71.1 Å². The van der Waals surface area contributed by atoms with Gasteiger partial charge in [-0.1, -0.05) is 59.3 Å². The van der Waals surface area contributed by atoms with Crippen molar-refractivity contribution in [1.82, 2.24) is 57.0 Å². The Morgan fingerprint density at radius 2 is 1.28 bits per heavy atom. The lowest BCUT2D eigenvalue weighted by Crippen LogP contribution is -2.62. The van der Waals surface area contributed by atoms with Gasteiger partial charge < -0.3 is 96.0 Å². The number of aliphatic hydroxyl groups excluding tert-OH is 2. The molecule has 0 bridgehead atoms. The normalized spacial score (nSPS) is 16.4. The maximum absolute atomic E-state index is 14.3. The number of aromatic amines is 1. The summed E-state index contributed by atoms with van der Waals surface area (Å²) in [7, 11) is 0. The van der Waals surface area contributed by atoms with Gasteiger partial charge in [0.15, 0.2) is 11.9 Å². The Kier molecular flexibility index (Phi) is 31.6. The van der Waals surface area contributed by atoms with Gasteiger partial charge in [-0.2, -0.15) is 0 Å². The summed E-state index contributed by atoms with van der Waals surface area (Å²) < 4.78 is 0. The van der Waals surface area contributed by atoms with Crippen LogP contribution in [0, 0.1) is 11.8 Å². The van der Waals surface area contributed by atoms with Crippen LogP contribution >= 0.6 is 0 Å². The molecule has 2 unspecified atom stereocenters. The highest BCUT2D eigenvalue weighted by molar-refractivity contribution is 5.98. The number of aliphatic imine (C=N–C) groups is 2. The molecule has 1 aliphatic carbocycles. The summed E-state index contributed by atoms with van der Waals surface area (Å²) in [6.45, 7) is 8.77. The minimum absolute atomic E-state index is 0.0160. The van der Waals surface area contributed by atoms with Crippen molar-refractivity contribution in [1.29, 1.82) is 0 Å². The largest absolute Gasteiger partial charge is 0.480 e. The lowest BCUT2D eigenvalue weighted by Gasteiger charge is -2.33. The maximum atomic E-state index is 14.3. The highest BCUT2D eigenvalue weighted by atomic mass is 16.4. The summed E-state index contributed by atoms with van der Waals surface area (Å²) in [5.41, 5.74) is 28.0. The number of carbonyl (C=O) groups is 10. The molecule has 31 heteroatoms. The average Bonchev–Trinajstić information content (AvgIpc) is 3.97. The van der Waals surface area contributed by atoms with Gasteiger partial charge in [0.25, 0.3) is 0 Å². The summed E-state index contributed by atoms with van der Waals surface area (Å²) in [6.07, 6.45) is 5.25. The first kappa shape index (κ1) is 71.4. The van der Waals surface area contributed by atoms with Crippen LogP contribution in [0.15, 0.2) is 22.5 Å². The first-order valence-electron chi connectivity index (χ1n) is 28.2. The molecular formula is C52H92N18O13. The molecule has 0 aromatic carbocycles. The zero-order valence-corrected chi connectivity index (χ0v) is 48.9. The van der Waals surface area contributed by atoms with Gasteiger partial charge in [-0.15, -0.1) is 0 Å². The maximum Gasteiger partial charge on any atom is 0.323 e. The van der Waals surface area contributed by atoms with Crippen LogP contribution in [-0.4, -0.2) is 206 Å². The molecule has 1 aromatic heterocycles. The van der Waals surface area contributed by atoms with E-state index in [-0.39, 0.29) is 63.2 Å². The van der Waals surface area contributed by atoms with Crippen molar-refractivity contribution in [2.24, 2.45) is 50.5 Å². The van der Waals surface area contributed by atoms with E-state index in [1.807, 2.05) is 0 Å². The third kappa shape index (κ3) is 26.0. The Morgan fingerprint density at radius 3 is 1.83 bits per heavy atom. The number of nitrogens with zero attached hydrogens (tertiary/aromatic N) is 5. The number of aliphatic carboxylic acids is 1. The predicted octanol–water partition coefficient (Wildman–Crippen LogP) is -4.64. The van der Waals surface area contributed by atoms with Crippen molar-refractivity contribution in [3.05, 3.63) is 18.2 Å². The van der Waals surface area contributed by atoms with Gasteiger partial charge >= 0.3 is 5.97 Å². The lowest BCUT2D eigenvalue weighted by molar-refractivity contribution is -0.148. The molecule has 83 heavy (non-hydrogen) atoms. The van der Waals surface area contributed by atoms with E-state index < -0.39 is 145 Å². The third-order valence-corrected chi connectivity index (χ3v) is 14.2. The average molecular weight is 1180 g/mol. The number of guanidine groups is 2. The molecule has 1 heterocycles. The zero-order chi connectivity index (χ0) is 62.5. The smallest absolute Gasteiger partial charge is 0.323 e. The quantitative estimate of drug-likeness (QED) is 0.0169. The summed E-state index contributed by atoms with van der Waals surface area (Å²) in [5.74, 6) is -9.67. The highest BCUT2D eigenvalue weighted by Crippen LogP contribution is 2.27. The van der Waals surface area contributed by atoms with Crippen LogP contribution < -0.4 is 65.9 Å². The number of imidazole rings is 1. The number of hydrogen-bond donors (Lipinski definition) is 16. The second kappa shape index (κ2) is 36.7. The van der Waals surface area contributed by atoms with Crippen LogP contribution in [0.25, 0.3) is 0 Å². The molecule has 21 N–H and O–H groups in total. The first-order valence-corrected chi connectivity index (χ1v) is 28.2. The fourth-order valence-corrected chi connectivity index (χ4v) is 8.94. The van der Waals surface area contributed by atoms with E-state index in [0.29, 0.717) is 25.0 Å². The van der Waals surface area contributed by atoms with E-state index >= 15 is 0 Å². The molecule has 0 spiro atoms. The zero-order valence-electron chi connectivity index (χ0n) is 48.9. The van der Waals surface area contributed by atoms with Crippen LogP contribution in [0.2, 0.25) is 0 Å². The van der Waals surface area contributed by atoms with E-state index in [1.54, 1.807) is 27.7 Å². The predicted molar refractivity (Wildman–Crippen MR) is 305 cm³/mol. The van der Waals surface area contributed by atoms with Gasteiger partial charge in [0, 0.05) is 44.0 Å². The van der Waals surface area contributed by atoms with Crippen LogP contribution in [0.3, 0.4) is 0 Å². The Balaban J connectivity index is 2.33. The van der Waals surface area contributed by atoms with Crippen molar-refractivity contribution in [2.45, 2.75) is 186 Å². The van der Waals surface area contributed by atoms with E-state index in [4.69, 9.17) is 28.7 Å². The second-order valence-corrected chi connectivity index (χ2v) is 21.1. The molecule has 31 nitrogen and oxygen atoms in total. The van der Waals surface area contributed by atoms with Crippen LogP contribution in [-0.2, 0) is 54.4 Å². The number of nitrogens with two attached hydrogens (primary N) is 5. The first-order chi connectivity index (χ1) is 39.1. The van der Waals surface area contributed by atoms with Crippen LogP contribution in [0.1, 0.15) is 125 Å². The minimum atomic E-state index is -1.83. The van der Waals surface area contributed by atoms with Crippen molar-refractivity contribution in [3.8, 4) is 0 Å². The van der Waals surface area contributed by atoms with Gasteiger partial charge in [0.1, 0.15) is 42.8 Å².